The van der Waals surface area contributed by atoms with Crippen molar-refractivity contribution in [3.8, 4) is 5.75 Å². The van der Waals surface area contributed by atoms with E-state index in [9.17, 15) is 4.79 Å². The molecule has 98 valence electrons. The third kappa shape index (κ3) is 3.49. The fraction of sp³-hybridized carbons (Fsp3) is 0.533. The summed E-state index contributed by atoms with van der Waals surface area (Å²) >= 11 is 0. The molecule has 0 aromatic heterocycles. The van der Waals surface area contributed by atoms with Gasteiger partial charge in [-0.2, -0.15) is 0 Å². The Labute approximate surface area is 108 Å². The number of rotatable bonds is 4. The Kier molecular flexibility index (Phi) is 4.62. The molecule has 3 nitrogen and oxygen atoms in total. The molecule has 0 unspecified atom stereocenters. The van der Waals surface area contributed by atoms with Crippen LogP contribution in [-0.2, 0) is 4.74 Å². The van der Waals surface area contributed by atoms with Gasteiger partial charge in [0.15, 0.2) is 0 Å². The van der Waals surface area contributed by atoms with E-state index in [1.807, 2.05) is 12.1 Å². The van der Waals surface area contributed by atoms with Gasteiger partial charge in [0.2, 0.25) is 0 Å². The zero-order valence-corrected chi connectivity index (χ0v) is 10.9. The zero-order chi connectivity index (χ0) is 12.8. The molecule has 0 amide bonds. The first-order valence-corrected chi connectivity index (χ1v) is 6.61. The highest BCUT2D eigenvalue weighted by Crippen LogP contribution is 2.24. The van der Waals surface area contributed by atoms with Gasteiger partial charge in [-0.05, 0) is 43.0 Å². The van der Waals surface area contributed by atoms with Crippen LogP contribution < -0.4 is 4.74 Å². The number of esters is 1. The molecule has 1 aromatic carbocycles. The molecule has 3 heteroatoms. The predicted octanol–water partition coefficient (Wildman–Crippen LogP) is 3.43. The lowest BCUT2D eigenvalue weighted by molar-refractivity contribution is 0.0600. The second-order valence-electron chi connectivity index (χ2n) is 4.83. The Hall–Kier alpha value is -1.51. The van der Waals surface area contributed by atoms with Crippen molar-refractivity contribution in [1.29, 1.82) is 0 Å². The summed E-state index contributed by atoms with van der Waals surface area (Å²) in [5, 5.41) is 0. The Morgan fingerprint density at radius 3 is 2.44 bits per heavy atom. The molecule has 1 fully saturated rings. The quantitative estimate of drug-likeness (QED) is 0.766. The third-order valence-corrected chi connectivity index (χ3v) is 3.49. The summed E-state index contributed by atoms with van der Waals surface area (Å²) < 4.78 is 10.4. The first-order valence-electron chi connectivity index (χ1n) is 6.61. The van der Waals surface area contributed by atoms with E-state index < -0.39 is 0 Å². The molecule has 1 aromatic rings. The van der Waals surface area contributed by atoms with Gasteiger partial charge in [-0.15, -0.1) is 0 Å². The predicted molar refractivity (Wildman–Crippen MR) is 69.9 cm³/mol. The third-order valence-electron chi connectivity index (χ3n) is 3.49. The number of benzene rings is 1. The van der Waals surface area contributed by atoms with Crippen LogP contribution in [0.4, 0.5) is 0 Å². The van der Waals surface area contributed by atoms with Crippen LogP contribution in [0.15, 0.2) is 24.3 Å². The van der Waals surface area contributed by atoms with Gasteiger partial charge in [0.05, 0.1) is 19.3 Å². The Balaban J connectivity index is 1.84. The minimum absolute atomic E-state index is 0.311. The molecular weight excluding hydrogens is 228 g/mol. The Morgan fingerprint density at radius 1 is 1.17 bits per heavy atom. The number of carbonyl (C=O) groups excluding carboxylic acids is 1. The molecule has 0 atom stereocenters. The van der Waals surface area contributed by atoms with Gasteiger partial charge in [-0.1, -0.05) is 19.3 Å². The number of ether oxygens (including phenoxy) is 2. The Morgan fingerprint density at radius 2 is 1.83 bits per heavy atom. The van der Waals surface area contributed by atoms with Crippen LogP contribution in [0.1, 0.15) is 42.5 Å². The molecule has 0 saturated heterocycles. The van der Waals surface area contributed by atoms with Crippen LogP contribution in [0.2, 0.25) is 0 Å². The monoisotopic (exact) mass is 248 g/mol. The largest absolute Gasteiger partial charge is 0.493 e. The van der Waals surface area contributed by atoms with E-state index in [4.69, 9.17) is 4.74 Å². The maximum absolute atomic E-state index is 11.3. The fourth-order valence-corrected chi connectivity index (χ4v) is 2.37. The maximum Gasteiger partial charge on any atom is 0.337 e. The van der Waals surface area contributed by atoms with Crippen LogP contribution in [0.25, 0.3) is 0 Å². The zero-order valence-electron chi connectivity index (χ0n) is 10.9. The normalized spacial score (nSPS) is 16.3. The van der Waals surface area contributed by atoms with Crippen molar-refractivity contribution in [2.45, 2.75) is 32.1 Å². The molecule has 1 aliphatic carbocycles. The number of hydrogen-bond donors (Lipinski definition) is 0. The molecule has 1 aliphatic rings. The summed E-state index contributed by atoms with van der Waals surface area (Å²) in [7, 11) is 1.38. The van der Waals surface area contributed by atoms with E-state index >= 15 is 0 Å². The van der Waals surface area contributed by atoms with E-state index in [0.717, 1.165) is 12.4 Å². The molecular formula is C15H20O3. The van der Waals surface area contributed by atoms with Gasteiger partial charge in [-0.3, -0.25) is 0 Å². The first kappa shape index (κ1) is 12.9. The van der Waals surface area contributed by atoms with Crippen molar-refractivity contribution < 1.29 is 14.3 Å². The van der Waals surface area contributed by atoms with Crippen molar-refractivity contribution in [1.82, 2.24) is 0 Å². The number of carbonyl (C=O) groups is 1. The highest BCUT2D eigenvalue weighted by molar-refractivity contribution is 5.89. The lowest BCUT2D eigenvalue weighted by Gasteiger charge is -2.21. The average molecular weight is 248 g/mol. The molecule has 0 heterocycles. The minimum atomic E-state index is -0.311. The maximum atomic E-state index is 11.3. The van der Waals surface area contributed by atoms with Crippen LogP contribution in [0.3, 0.4) is 0 Å². The standard InChI is InChI=1S/C15H20O3/c1-17-15(16)13-7-9-14(10-8-13)18-11-12-5-3-2-4-6-12/h7-10,12H,2-6,11H2,1H3. The van der Waals surface area contributed by atoms with Gasteiger partial charge >= 0.3 is 5.97 Å². The summed E-state index contributed by atoms with van der Waals surface area (Å²) in [5.41, 5.74) is 0.558. The summed E-state index contributed by atoms with van der Waals surface area (Å²) in [4.78, 5) is 11.3. The highest BCUT2D eigenvalue weighted by Gasteiger charge is 2.14. The molecule has 0 radical (unpaired) electrons. The summed E-state index contributed by atoms with van der Waals surface area (Å²) in [6, 6.07) is 7.13. The second-order valence-corrected chi connectivity index (χ2v) is 4.83. The SMILES string of the molecule is COC(=O)c1ccc(OCC2CCCCC2)cc1. The van der Waals surface area contributed by atoms with Gasteiger partial charge in [-0.25, -0.2) is 4.79 Å². The molecule has 1 saturated carbocycles. The first-order chi connectivity index (χ1) is 8.79. The summed E-state index contributed by atoms with van der Waals surface area (Å²) in [6.07, 6.45) is 6.58. The van der Waals surface area contributed by atoms with Gasteiger partial charge in [0.1, 0.15) is 5.75 Å². The topological polar surface area (TPSA) is 35.5 Å². The van der Waals surface area contributed by atoms with Crippen molar-refractivity contribution in [3.63, 3.8) is 0 Å². The average Bonchev–Trinajstić information content (AvgIpc) is 2.46. The van der Waals surface area contributed by atoms with Crippen LogP contribution in [0, 0.1) is 5.92 Å². The van der Waals surface area contributed by atoms with Crippen LogP contribution in [0.5, 0.6) is 5.75 Å². The lowest BCUT2D eigenvalue weighted by Crippen LogP contribution is -2.15. The number of methoxy groups -OCH3 is 1. The summed E-state index contributed by atoms with van der Waals surface area (Å²) in [6.45, 7) is 0.789. The minimum Gasteiger partial charge on any atom is -0.493 e. The molecule has 0 spiro atoms. The smallest absolute Gasteiger partial charge is 0.337 e. The van der Waals surface area contributed by atoms with Crippen molar-refractivity contribution in [3.05, 3.63) is 29.8 Å². The van der Waals surface area contributed by atoms with Gasteiger partial charge in [0.25, 0.3) is 0 Å². The van der Waals surface area contributed by atoms with Crippen LogP contribution >= 0.6 is 0 Å². The lowest BCUT2D eigenvalue weighted by atomic mass is 9.90. The van der Waals surface area contributed by atoms with E-state index in [1.165, 1.54) is 39.2 Å². The molecule has 0 N–H and O–H groups in total. The number of hydrogen-bond acceptors (Lipinski definition) is 3. The van der Waals surface area contributed by atoms with E-state index in [1.54, 1.807) is 12.1 Å². The highest BCUT2D eigenvalue weighted by atomic mass is 16.5. The molecule has 0 bridgehead atoms. The summed E-state index contributed by atoms with van der Waals surface area (Å²) in [5.74, 6) is 1.21. The van der Waals surface area contributed by atoms with Crippen molar-refractivity contribution in [2.75, 3.05) is 13.7 Å². The molecule has 0 aliphatic heterocycles. The van der Waals surface area contributed by atoms with Gasteiger partial charge in [0, 0.05) is 0 Å². The van der Waals surface area contributed by atoms with Crippen molar-refractivity contribution >= 4 is 5.97 Å². The molecule has 18 heavy (non-hydrogen) atoms. The second kappa shape index (κ2) is 6.43. The Bertz CT molecular complexity index is 377. The van der Waals surface area contributed by atoms with E-state index in [2.05, 4.69) is 4.74 Å². The fourth-order valence-electron chi connectivity index (χ4n) is 2.37. The van der Waals surface area contributed by atoms with E-state index in [0.29, 0.717) is 11.5 Å². The van der Waals surface area contributed by atoms with Gasteiger partial charge < -0.3 is 9.47 Å². The van der Waals surface area contributed by atoms with Crippen LogP contribution in [-0.4, -0.2) is 19.7 Å². The molecule has 2 rings (SSSR count). The van der Waals surface area contributed by atoms with Crippen molar-refractivity contribution in [2.24, 2.45) is 5.92 Å². The van der Waals surface area contributed by atoms with E-state index in [-0.39, 0.29) is 5.97 Å².